The van der Waals surface area contributed by atoms with Gasteiger partial charge in [0.25, 0.3) is 0 Å². The molecule has 2 rings (SSSR count). The molecule has 0 aromatic heterocycles. The Morgan fingerprint density at radius 1 is 1.36 bits per heavy atom. The van der Waals surface area contributed by atoms with Crippen LogP contribution in [-0.2, 0) is 4.74 Å². The summed E-state index contributed by atoms with van der Waals surface area (Å²) in [6, 6.07) is 10.4. The lowest BCUT2D eigenvalue weighted by molar-refractivity contribution is 0.00829. The van der Waals surface area contributed by atoms with E-state index in [1.165, 1.54) is 5.56 Å². The topological polar surface area (TPSA) is 21.3 Å². The van der Waals surface area contributed by atoms with E-state index < -0.39 is 0 Å². The minimum atomic E-state index is 0.209. The predicted octanol–water partition coefficient (Wildman–Crippen LogP) is 2.13. The van der Waals surface area contributed by atoms with Gasteiger partial charge in [-0.25, -0.2) is 0 Å². The van der Waals surface area contributed by atoms with Gasteiger partial charge in [0.2, 0.25) is 0 Å². The van der Waals surface area contributed by atoms with Crippen LogP contribution in [0.5, 0.6) is 0 Å². The van der Waals surface area contributed by atoms with E-state index in [0.29, 0.717) is 6.10 Å². The van der Waals surface area contributed by atoms with Gasteiger partial charge >= 0.3 is 0 Å². The number of nitrogens with one attached hydrogen (secondary N) is 1. The molecule has 2 nitrogen and oxygen atoms in total. The van der Waals surface area contributed by atoms with Crippen molar-refractivity contribution in [1.82, 2.24) is 5.32 Å². The average Bonchev–Trinajstić information content (AvgIpc) is 2.72. The molecule has 1 N–H and O–H groups in total. The van der Waals surface area contributed by atoms with Crippen LogP contribution < -0.4 is 5.32 Å². The van der Waals surface area contributed by atoms with Crippen LogP contribution in [0.25, 0.3) is 0 Å². The molecule has 1 fully saturated rings. The minimum absolute atomic E-state index is 0.209. The lowest BCUT2D eigenvalue weighted by atomic mass is 10.1. The summed E-state index contributed by atoms with van der Waals surface area (Å²) in [4.78, 5) is 0. The highest BCUT2D eigenvalue weighted by atomic mass is 16.5. The Kier molecular flexibility index (Phi) is 3.17. The Labute approximate surface area is 85.3 Å². The second kappa shape index (κ2) is 4.58. The molecule has 1 unspecified atom stereocenters. The maximum atomic E-state index is 5.93. The molecule has 1 aromatic carbocycles. The van der Waals surface area contributed by atoms with E-state index >= 15 is 0 Å². The van der Waals surface area contributed by atoms with Gasteiger partial charge in [0.1, 0.15) is 0 Å². The Morgan fingerprint density at radius 2 is 2.14 bits per heavy atom. The van der Waals surface area contributed by atoms with E-state index in [-0.39, 0.29) is 6.10 Å². The van der Waals surface area contributed by atoms with Gasteiger partial charge in [0.15, 0.2) is 0 Å². The zero-order valence-electron chi connectivity index (χ0n) is 8.57. The summed E-state index contributed by atoms with van der Waals surface area (Å²) in [7, 11) is 0. The van der Waals surface area contributed by atoms with Crippen molar-refractivity contribution < 1.29 is 4.74 Å². The van der Waals surface area contributed by atoms with Gasteiger partial charge in [-0.15, -0.1) is 0 Å². The highest BCUT2D eigenvalue weighted by molar-refractivity contribution is 5.16. The van der Waals surface area contributed by atoms with E-state index in [0.717, 1.165) is 19.5 Å². The van der Waals surface area contributed by atoms with Crippen molar-refractivity contribution in [3.63, 3.8) is 0 Å². The molecule has 2 heteroatoms. The largest absolute Gasteiger partial charge is 0.369 e. The standard InChI is InChI=1S/C12H17NO/c1-10(11-5-3-2-4-6-11)14-12-7-8-13-9-12/h2-6,10,12-13H,7-9H2,1H3/t10?,12-/m0/s1. The molecule has 14 heavy (non-hydrogen) atoms. The molecule has 76 valence electrons. The molecule has 1 heterocycles. The molecule has 1 aliphatic rings. The first-order valence-electron chi connectivity index (χ1n) is 5.27. The van der Waals surface area contributed by atoms with E-state index in [9.17, 15) is 0 Å². The van der Waals surface area contributed by atoms with Crippen molar-refractivity contribution in [3.05, 3.63) is 35.9 Å². The lowest BCUT2D eigenvalue weighted by Crippen LogP contribution is -2.18. The van der Waals surface area contributed by atoms with Crippen LogP contribution in [0.2, 0.25) is 0 Å². The van der Waals surface area contributed by atoms with Crippen LogP contribution in [0.3, 0.4) is 0 Å². The van der Waals surface area contributed by atoms with E-state index in [1.807, 2.05) is 6.07 Å². The van der Waals surface area contributed by atoms with Crippen LogP contribution in [0.1, 0.15) is 25.0 Å². The van der Waals surface area contributed by atoms with Gasteiger partial charge < -0.3 is 10.1 Å². The van der Waals surface area contributed by atoms with Crippen molar-refractivity contribution in [2.45, 2.75) is 25.6 Å². The molecule has 1 saturated heterocycles. The first kappa shape index (κ1) is 9.69. The van der Waals surface area contributed by atoms with Crippen LogP contribution in [0.4, 0.5) is 0 Å². The van der Waals surface area contributed by atoms with Crippen molar-refractivity contribution in [1.29, 1.82) is 0 Å². The zero-order valence-corrected chi connectivity index (χ0v) is 8.57. The Bertz CT molecular complexity index is 267. The van der Waals surface area contributed by atoms with E-state index in [1.54, 1.807) is 0 Å². The van der Waals surface area contributed by atoms with Gasteiger partial charge in [-0.3, -0.25) is 0 Å². The third-order valence-corrected chi connectivity index (χ3v) is 2.68. The lowest BCUT2D eigenvalue weighted by Gasteiger charge is -2.18. The van der Waals surface area contributed by atoms with Crippen LogP contribution in [0, 0.1) is 0 Å². The molecule has 1 aliphatic heterocycles. The fourth-order valence-corrected chi connectivity index (χ4v) is 1.84. The molecule has 0 aliphatic carbocycles. The Hall–Kier alpha value is -0.860. The monoisotopic (exact) mass is 191 g/mol. The summed E-state index contributed by atoms with van der Waals surface area (Å²) in [5.74, 6) is 0. The van der Waals surface area contributed by atoms with E-state index in [2.05, 4.69) is 36.5 Å². The van der Waals surface area contributed by atoms with Crippen molar-refractivity contribution in [2.75, 3.05) is 13.1 Å². The maximum absolute atomic E-state index is 5.93. The van der Waals surface area contributed by atoms with Crippen LogP contribution >= 0.6 is 0 Å². The predicted molar refractivity (Wildman–Crippen MR) is 57.2 cm³/mol. The van der Waals surface area contributed by atoms with Crippen molar-refractivity contribution >= 4 is 0 Å². The van der Waals surface area contributed by atoms with Gasteiger partial charge in [-0.1, -0.05) is 30.3 Å². The normalized spacial score (nSPS) is 23.6. The second-order valence-electron chi connectivity index (χ2n) is 3.80. The number of hydrogen-bond acceptors (Lipinski definition) is 2. The number of rotatable bonds is 3. The van der Waals surface area contributed by atoms with E-state index in [4.69, 9.17) is 4.74 Å². The third-order valence-electron chi connectivity index (χ3n) is 2.68. The molecule has 0 saturated carbocycles. The Morgan fingerprint density at radius 3 is 2.79 bits per heavy atom. The highest BCUT2D eigenvalue weighted by Crippen LogP contribution is 2.19. The number of ether oxygens (including phenoxy) is 1. The molecule has 0 bridgehead atoms. The summed E-state index contributed by atoms with van der Waals surface area (Å²) in [5, 5.41) is 3.30. The fourth-order valence-electron chi connectivity index (χ4n) is 1.84. The molecule has 0 amide bonds. The Balaban J connectivity index is 1.92. The number of hydrogen-bond donors (Lipinski definition) is 1. The van der Waals surface area contributed by atoms with Gasteiger partial charge in [0.05, 0.1) is 12.2 Å². The third kappa shape index (κ3) is 2.34. The van der Waals surface area contributed by atoms with Gasteiger partial charge in [-0.2, -0.15) is 0 Å². The molecule has 0 spiro atoms. The van der Waals surface area contributed by atoms with Gasteiger partial charge in [0, 0.05) is 6.54 Å². The smallest absolute Gasteiger partial charge is 0.0801 e. The quantitative estimate of drug-likeness (QED) is 0.790. The summed E-state index contributed by atoms with van der Waals surface area (Å²) in [6.45, 7) is 4.21. The molecular formula is C12H17NO. The molecule has 1 aromatic rings. The first-order chi connectivity index (χ1) is 6.86. The minimum Gasteiger partial charge on any atom is -0.369 e. The summed E-state index contributed by atoms with van der Waals surface area (Å²) < 4.78 is 5.93. The van der Waals surface area contributed by atoms with Crippen LogP contribution in [-0.4, -0.2) is 19.2 Å². The first-order valence-corrected chi connectivity index (χ1v) is 5.27. The summed E-state index contributed by atoms with van der Waals surface area (Å²) >= 11 is 0. The highest BCUT2D eigenvalue weighted by Gasteiger charge is 2.18. The van der Waals surface area contributed by atoms with Crippen LogP contribution in [0.15, 0.2) is 30.3 Å². The van der Waals surface area contributed by atoms with Crippen molar-refractivity contribution in [3.8, 4) is 0 Å². The summed E-state index contributed by atoms with van der Waals surface area (Å²) in [5.41, 5.74) is 1.26. The number of benzene rings is 1. The fraction of sp³-hybridized carbons (Fsp3) is 0.500. The maximum Gasteiger partial charge on any atom is 0.0801 e. The SMILES string of the molecule is CC(O[C@H]1CCNC1)c1ccccc1. The zero-order chi connectivity index (χ0) is 9.80. The van der Waals surface area contributed by atoms with Gasteiger partial charge in [-0.05, 0) is 25.5 Å². The van der Waals surface area contributed by atoms with Crippen molar-refractivity contribution in [2.24, 2.45) is 0 Å². The molecule has 0 radical (unpaired) electrons. The molecule has 2 atom stereocenters. The average molecular weight is 191 g/mol. The molecular weight excluding hydrogens is 174 g/mol. The summed E-state index contributed by atoms with van der Waals surface area (Å²) in [6.07, 6.45) is 1.74. The second-order valence-corrected chi connectivity index (χ2v) is 3.80.